The summed E-state index contributed by atoms with van der Waals surface area (Å²) < 4.78 is 0.926. The molecular formula is C16H20Cl2N2OS. The van der Waals surface area contributed by atoms with Gasteiger partial charge in [-0.3, -0.25) is 4.79 Å². The van der Waals surface area contributed by atoms with Gasteiger partial charge in [0.05, 0.1) is 5.02 Å². The fourth-order valence-corrected chi connectivity index (χ4v) is 4.21. The lowest BCUT2D eigenvalue weighted by atomic mass is 9.93. The minimum absolute atomic E-state index is 0.00831. The third-order valence-corrected chi connectivity index (χ3v) is 5.16. The summed E-state index contributed by atoms with van der Waals surface area (Å²) in [6.45, 7) is 5.73. The molecule has 0 radical (unpaired) electrons. The number of carbonyl (C=O) groups is 1. The third kappa shape index (κ3) is 4.13. The van der Waals surface area contributed by atoms with E-state index in [4.69, 9.17) is 23.2 Å². The van der Waals surface area contributed by atoms with E-state index in [1.165, 1.54) is 11.3 Å². The van der Waals surface area contributed by atoms with Gasteiger partial charge in [-0.15, -0.1) is 11.3 Å². The van der Waals surface area contributed by atoms with E-state index in [1.807, 2.05) is 26.2 Å². The third-order valence-electron chi connectivity index (χ3n) is 3.27. The molecule has 0 spiro atoms. The number of hydrogen-bond donors (Lipinski definition) is 1. The number of benzene rings is 1. The van der Waals surface area contributed by atoms with Crippen molar-refractivity contribution >= 4 is 50.5 Å². The average Bonchev–Trinajstić information content (AvgIpc) is 2.71. The second-order valence-electron chi connectivity index (χ2n) is 6.47. The summed E-state index contributed by atoms with van der Waals surface area (Å²) in [4.78, 5) is 15.1. The fourth-order valence-electron chi connectivity index (χ4n) is 2.50. The van der Waals surface area contributed by atoms with Gasteiger partial charge in [0.15, 0.2) is 0 Å². The normalized spacial score (nSPS) is 12.1. The Balaban J connectivity index is 2.15. The minimum atomic E-state index is -0.130. The van der Waals surface area contributed by atoms with Gasteiger partial charge in [-0.2, -0.15) is 0 Å². The Labute approximate surface area is 145 Å². The summed E-state index contributed by atoms with van der Waals surface area (Å²) in [5.41, 5.74) is -0.00831. The van der Waals surface area contributed by atoms with Gasteiger partial charge in [-0.05, 0) is 31.6 Å². The van der Waals surface area contributed by atoms with E-state index in [0.717, 1.165) is 16.6 Å². The lowest BCUT2D eigenvalue weighted by molar-refractivity contribution is 0.0933. The molecule has 6 heteroatoms. The van der Waals surface area contributed by atoms with Crippen LogP contribution in [0.15, 0.2) is 18.2 Å². The monoisotopic (exact) mass is 358 g/mol. The molecular weight excluding hydrogens is 339 g/mol. The van der Waals surface area contributed by atoms with Crippen LogP contribution in [-0.4, -0.2) is 38.0 Å². The van der Waals surface area contributed by atoms with Crippen LogP contribution in [0.3, 0.4) is 0 Å². The zero-order valence-electron chi connectivity index (χ0n) is 13.2. The molecule has 1 aromatic heterocycles. The molecule has 1 heterocycles. The molecule has 0 aliphatic rings. The largest absolute Gasteiger partial charge is 0.351 e. The zero-order valence-corrected chi connectivity index (χ0v) is 15.5. The molecule has 3 nitrogen and oxygen atoms in total. The van der Waals surface area contributed by atoms with Crippen molar-refractivity contribution in [1.29, 1.82) is 0 Å². The minimum Gasteiger partial charge on any atom is -0.351 e. The predicted octanol–water partition coefficient (Wildman–Crippen LogP) is 4.53. The molecule has 0 aliphatic heterocycles. The molecule has 1 aromatic carbocycles. The molecule has 2 aromatic rings. The molecule has 0 bridgehead atoms. The van der Waals surface area contributed by atoms with E-state index < -0.39 is 0 Å². The first-order valence-corrected chi connectivity index (χ1v) is 8.57. The number of fused-ring (bicyclic) bond motifs is 1. The van der Waals surface area contributed by atoms with Crippen LogP contribution in [0, 0.1) is 5.41 Å². The van der Waals surface area contributed by atoms with Crippen molar-refractivity contribution < 1.29 is 4.79 Å². The Morgan fingerprint density at radius 3 is 2.64 bits per heavy atom. The van der Waals surface area contributed by atoms with Crippen LogP contribution < -0.4 is 5.32 Å². The Bertz CT molecular complexity index is 695. The molecule has 0 unspecified atom stereocenters. The van der Waals surface area contributed by atoms with E-state index in [-0.39, 0.29) is 11.3 Å². The van der Waals surface area contributed by atoms with Gasteiger partial charge in [0.2, 0.25) is 0 Å². The van der Waals surface area contributed by atoms with E-state index in [9.17, 15) is 4.79 Å². The molecule has 1 amide bonds. The second-order valence-corrected chi connectivity index (χ2v) is 8.34. The maximum absolute atomic E-state index is 12.4. The summed E-state index contributed by atoms with van der Waals surface area (Å²) in [5, 5.41) is 5.00. The number of nitrogens with zero attached hydrogens (tertiary/aromatic N) is 1. The number of thiophene rings is 1. The van der Waals surface area contributed by atoms with Crippen LogP contribution in [0.4, 0.5) is 0 Å². The fraction of sp³-hybridized carbons (Fsp3) is 0.438. The first kappa shape index (κ1) is 17.5. The summed E-state index contributed by atoms with van der Waals surface area (Å²) in [5.74, 6) is -0.130. The van der Waals surface area contributed by atoms with Crippen LogP contribution in [0.2, 0.25) is 10.0 Å². The molecule has 120 valence electrons. The van der Waals surface area contributed by atoms with Crippen molar-refractivity contribution in [2.75, 3.05) is 27.2 Å². The van der Waals surface area contributed by atoms with Gasteiger partial charge in [0.25, 0.3) is 5.91 Å². The predicted molar refractivity (Wildman–Crippen MR) is 96.5 cm³/mol. The van der Waals surface area contributed by atoms with Crippen LogP contribution in [0.1, 0.15) is 23.5 Å². The van der Waals surface area contributed by atoms with Gasteiger partial charge in [0, 0.05) is 28.2 Å². The van der Waals surface area contributed by atoms with E-state index in [1.54, 1.807) is 6.07 Å². The lowest BCUT2D eigenvalue weighted by Crippen LogP contribution is -2.39. The molecule has 1 N–H and O–H groups in total. The number of halogens is 2. The first-order valence-electron chi connectivity index (χ1n) is 7.00. The van der Waals surface area contributed by atoms with Crippen molar-refractivity contribution in [2.45, 2.75) is 13.8 Å². The topological polar surface area (TPSA) is 32.3 Å². The number of nitrogens with one attached hydrogen (secondary N) is 1. The highest BCUT2D eigenvalue weighted by Crippen LogP contribution is 2.36. The molecule has 22 heavy (non-hydrogen) atoms. The standard InChI is InChI=1S/C16H20Cl2N2OS/c1-16(2,9-20(3)4)8-19-15(21)14-13(18)11-6-5-10(17)7-12(11)22-14/h5-7H,8-9H2,1-4H3,(H,19,21). The molecule has 0 aliphatic carbocycles. The summed E-state index contributed by atoms with van der Waals surface area (Å²) in [6.07, 6.45) is 0. The number of amides is 1. The quantitative estimate of drug-likeness (QED) is 0.851. The Morgan fingerprint density at radius 2 is 2.00 bits per heavy atom. The molecule has 0 fully saturated rings. The lowest BCUT2D eigenvalue weighted by Gasteiger charge is -2.28. The second kappa shape index (κ2) is 6.75. The van der Waals surface area contributed by atoms with Crippen LogP contribution in [-0.2, 0) is 0 Å². The van der Waals surface area contributed by atoms with E-state index >= 15 is 0 Å². The summed E-state index contributed by atoms with van der Waals surface area (Å²) in [7, 11) is 4.05. The van der Waals surface area contributed by atoms with Crippen molar-refractivity contribution in [3.05, 3.63) is 33.1 Å². The first-order chi connectivity index (χ1) is 10.2. The van der Waals surface area contributed by atoms with Crippen molar-refractivity contribution in [2.24, 2.45) is 5.41 Å². The van der Waals surface area contributed by atoms with Gasteiger partial charge in [-0.1, -0.05) is 43.1 Å². The maximum Gasteiger partial charge on any atom is 0.262 e. The number of rotatable bonds is 5. The zero-order chi connectivity index (χ0) is 16.5. The van der Waals surface area contributed by atoms with Crippen molar-refractivity contribution in [1.82, 2.24) is 10.2 Å². The smallest absolute Gasteiger partial charge is 0.262 e. The Hall–Kier alpha value is -0.810. The molecule has 0 atom stereocenters. The highest BCUT2D eigenvalue weighted by Gasteiger charge is 2.22. The van der Waals surface area contributed by atoms with Crippen LogP contribution in [0.25, 0.3) is 10.1 Å². The van der Waals surface area contributed by atoms with Crippen LogP contribution >= 0.6 is 34.5 Å². The van der Waals surface area contributed by atoms with Crippen molar-refractivity contribution in [3.63, 3.8) is 0 Å². The molecule has 0 saturated heterocycles. The summed E-state index contributed by atoms with van der Waals surface area (Å²) >= 11 is 13.7. The van der Waals surface area contributed by atoms with Gasteiger partial charge in [-0.25, -0.2) is 0 Å². The number of hydrogen-bond acceptors (Lipinski definition) is 3. The van der Waals surface area contributed by atoms with Gasteiger partial charge in [0.1, 0.15) is 4.88 Å². The van der Waals surface area contributed by atoms with Crippen LogP contribution in [0.5, 0.6) is 0 Å². The number of carbonyl (C=O) groups excluding carboxylic acids is 1. The molecule has 0 saturated carbocycles. The molecule has 2 rings (SSSR count). The summed E-state index contributed by atoms with van der Waals surface area (Å²) in [6, 6.07) is 5.47. The highest BCUT2D eigenvalue weighted by molar-refractivity contribution is 7.21. The van der Waals surface area contributed by atoms with Gasteiger partial charge < -0.3 is 10.2 Å². The maximum atomic E-state index is 12.4. The van der Waals surface area contributed by atoms with E-state index in [2.05, 4.69) is 24.1 Å². The Morgan fingerprint density at radius 1 is 1.32 bits per heavy atom. The highest BCUT2D eigenvalue weighted by atomic mass is 35.5. The van der Waals surface area contributed by atoms with E-state index in [0.29, 0.717) is 21.5 Å². The van der Waals surface area contributed by atoms with Gasteiger partial charge >= 0.3 is 0 Å². The average molecular weight is 359 g/mol. The Kier molecular flexibility index (Phi) is 5.38. The van der Waals surface area contributed by atoms with Crippen molar-refractivity contribution in [3.8, 4) is 0 Å². The SMILES string of the molecule is CN(C)CC(C)(C)CNC(=O)c1sc2cc(Cl)ccc2c1Cl.